The first-order valence-corrected chi connectivity index (χ1v) is 12.2. The molecule has 0 bridgehead atoms. The van der Waals surface area contributed by atoms with Crippen LogP contribution in [0.25, 0.3) is 11.3 Å². The van der Waals surface area contributed by atoms with Gasteiger partial charge in [-0.1, -0.05) is 25.3 Å². The largest absolute Gasteiger partial charge is 0.416 e. The Labute approximate surface area is 222 Å². The van der Waals surface area contributed by atoms with Gasteiger partial charge in [0.05, 0.1) is 43.2 Å². The average Bonchev–Trinajstić information content (AvgIpc) is 2.91. The molecule has 0 aliphatic carbocycles. The van der Waals surface area contributed by atoms with E-state index in [0.717, 1.165) is 47.7 Å². The van der Waals surface area contributed by atoms with Gasteiger partial charge < -0.3 is 19.9 Å². The van der Waals surface area contributed by atoms with Gasteiger partial charge in [-0.2, -0.15) is 18.4 Å². The minimum Gasteiger partial charge on any atom is -0.379 e. The van der Waals surface area contributed by atoms with Crippen LogP contribution in [-0.4, -0.2) is 54.7 Å². The van der Waals surface area contributed by atoms with E-state index in [2.05, 4.69) is 34.4 Å². The summed E-state index contributed by atoms with van der Waals surface area (Å²) in [6.45, 7) is 13.1. The molecule has 200 valence electrons. The number of aromatic nitrogens is 1. The molecule has 0 saturated carbocycles. The topological polar surface area (TPSA) is 64.4 Å². The summed E-state index contributed by atoms with van der Waals surface area (Å²) >= 11 is 0. The van der Waals surface area contributed by atoms with E-state index in [-0.39, 0.29) is 0 Å². The number of ether oxygens (including phenoxy) is 1. The van der Waals surface area contributed by atoms with Crippen LogP contribution in [0, 0.1) is 18.3 Å². The van der Waals surface area contributed by atoms with Crippen LogP contribution in [0.1, 0.15) is 28.8 Å². The first kappa shape index (κ1) is 28.5. The smallest absolute Gasteiger partial charge is 0.379 e. The minimum absolute atomic E-state index is 0.319. The fourth-order valence-electron chi connectivity index (χ4n) is 4.00. The van der Waals surface area contributed by atoms with Gasteiger partial charge in [0.1, 0.15) is 0 Å². The van der Waals surface area contributed by atoms with Crippen molar-refractivity contribution in [2.75, 3.05) is 45.2 Å². The van der Waals surface area contributed by atoms with E-state index >= 15 is 0 Å². The van der Waals surface area contributed by atoms with Crippen molar-refractivity contribution in [2.24, 2.45) is 0 Å². The van der Waals surface area contributed by atoms with Crippen LogP contribution in [-0.2, 0) is 10.9 Å². The van der Waals surface area contributed by atoms with Gasteiger partial charge in [0.15, 0.2) is 0 Å². The van der Waals surface area contributed by atoms with Crippen molar-refractivity contribution in [1.82, 2.24) is 14.8 Å². The van der Waals surface area contributed by atoms with E-state index in [1.165, 1.54) is 6.07 Å². The number of halogens is 3. The number of nitrogens with zero attached hydrogens (tertiary/aromatic N) is 4. The molecular formula is C29H32F3N5O. The van der Waals surface area contributed by atoms with Gasteiger partial charge in [-0.05, 0) is 42.8 Å². The number of anilines is 1. The number of hydrogen-bond donors (Lipinski definition) is 1. The summed E-state index contributed by atoms with van der Waals surface area (Å²) in [5.41, 5.74) is 3.86. The molecule has 1 aliphatic rings. The highest BCUT2D eigenvalue weighted by Crippen LogP contribution is 2.31. The fourth-order valence-corrected chi connectivity index (χ4v) is 4.00. The van der Waals surface area contributed by atoms with E-state index in [4.69, 9.17) is 10.00 Å². The molecule has 0 radical (unpaired) electrons. The van der Waals surface area contributed by atoms with Gasteiger partial charge in [0.25, 0.3) is 0 Å². The summed E-state index contributed by atoms with van der Waals surface area (Å²) in [5.74, 6) is 0. The summed E-state index contributed by atoms with van der Waals surface area (Å²) in [5, 5.41) is 12.1. The van der Waals surface area contributed by atoms with Crippen LogP contribution in [0.4, 0.5) is 18.9 Å². The second kappa shape index (κ2) is 13.0. The Balaban J connectivity index is 1.97. The molecule has 1 aromatic carbocycles. The van der Waals surface area contributed by atoms with Crippen LogP contribution < -0.4 is 5.32 Å². The highest BCUT2D eigenvalue weighted by atomic mass is 19.4. The van der Waals surface area contributed by atoms with Crippen molar-refractivity contribution < 1.29 is 17.9 Å². The quantitative estimate of drug-likeness (QED) is 0.381. The summed E-state index contributed by atoms with van der Waals surface area (Å²) < 4.78 is 45.0. The van der Waals surface area contributed by atoms with Gasteiger partial charge in [0.2, 0.25) is 0 Å². The van der Waals surface area contributed by atoms with Crippen molar-refractivity contribution in [2.45, 2.75) is 19.5 Å². The molecule has 2 heterocycles. The maximum absolute atomic E-state index is 13.2. The van der Waals surface area contributed by atoms with Crippen molar-refractivity contribution in [1.29, 1.82) is 5.26 Å². The number of aryl methyl sites for hydroxylation is 1. The third-order valence-electron chi connectivity index (χ3n) is 6.06. The second-order valence-electron chi connectivity index (χ2n) is 8.88. The lowest BCUT2D eigenvalue weighted by molar-refractivity contribution is -0.137. The number of rotatable bonds is 10. The molecule has 1 aliphatic heterocycles. The normalized spacial score (nSPS) is 14.6. The highest BCUT2D eigenvalue weighted by molar-refractivity contribution is 5.81. The molecule has 0 amide bonds. The molecule has 38 heavy (non-hydrogen) atoms. The molecule has 2 aromatic rings. The second-order valence-corrected chi connectivity index (χ2v) is 8.88. The maximum Gasteiger partial charge on any atom is 0.416 e. The number of nitriles is 1. The van der Waals surface area contributed by atoms with E-state index < -0.39 is 11.7 Å². The SMILES string of the molecule is C=C/C(=C\C(=C/N(C)CCC#N)c1cc(NC(=C)c2cccc(C(F)(F)F)c2)cnc1C)N1CCOCC1. The van der Waals surface area contributed by atoms with Gasteiger partial charge in [-0.25, -0.2) is 0 Å². The number of morpholine rings is 1. The Bertz CT molecular complexity index is 1250. The van der Waals surface area contributed by atoms with E-state index in [1.54, 1.807) is 18.3 Å². The molecule has 1 aromatic heterocycles. The predicted molar refractivity (Wildman–Crippen MR) is 145 cm³/mol. The first-order chi connectivity index (χ1) is 18.1. The number of pyridine rings is 1. The van der Waals surface area contributed by atoms with Crippen molar-refractivity contribution >= 4 is 17.0 Å². The summed E-state index contributed by atoms with van der Waals surface area (Å²) in [6.07, 6.45) is 3.33. The van der Waals surface area contributed by atoms with Gasteiger partial charge >= 0.3 is 6.18 Å². The Morgan fingerprint density at radius 2 is 2.03 bits per heavy atom. The van der Waals surface area contributed by atoms with Crippen LogP contribution in [0.15, 0.2) is 73.7 Å². The van der Waals surface area contributed by atoms with E-state index in [9.17, 15) is 13.2 Å². The maximum atomic E-state index is 13.2. The molecule has 0 unspecified atom stereocenters. The molecule has 0 spiro atoms. The van der Waals surface area contributed by atoms with E-state index in [1.807, 2.05) is 37.2 Å². The summed E-state index contributed by atoms with van der Waals surface area (Å²) in [6, 6.07) is 9.07. The Morgan fingerprint density at radius 1 is 1.29 bits per heavy atom. The number of allylic oxidation sites excluding steroid dienone is 3. The minimum atomic E-state index is -4.44. The van der Waals surface area contributed by atoms with Crippen LogP contribution in [0.5, 0.6) is 0 Å². The Hall–Kier alpha value is -4.03. The van der Waals surface area contributed by atoms with Gasteiger partial charge in [-0.3, -0.25) is 4.98 Å². The highest BCUT2D eigenvalue weighted by Gasteiger charge is 2.30. The predicted octanol–water partition coefficient (Wildman–Crippen LogP) is 6.08. The Morgan fingerprint density at radius 3 is 2.68 bits per heavy atom. The summed E-state index contributed by atoms with van der Waals surface area (Å²) in [4.78, 5) is 8.67. The van der Waals surface area contributed by atoms with E-state index in [0.29, 0.717) is 43.1 Å². The van der Waals surface area contributed by atoms with Crippen LogP contribution >= 0.6 is 0 Å². The third kappa shape index (κ3) is 7.73. The zero-order valence-corrected chi connectivity index (χ0v) is 21.7. The molecule has 0 atom stereocenters. The van der Waals surface area contributed by atoms with Crippen LogP contribution in [0.3, 0.4) is 0 Å². The zero-order valence-electron chi connectivity index (χ0n) is 21.7. The molecular weight excluding hydrogens is 491 g/mol. The monoisotopic (exact) mass is 523 g/mol. The lowest BCUT2D eigenvalue weighted by Gasteiger charge is -2.30. The Kier molecular flexibility index (Phi) is 9.74. The van der Waals surface area contributed by atoms with Crippen molar-refractivity contribution in [3.05, 3.63) is 96.1 Å². The number of nitrogens with one attached hydrogen (secondary N) is 1. The number of hydrogen-bond acceptors (Lipinski definition) is 6. The number of benzene rings is 1. The van der Waals surface area contributed by atoms with Gasteiger partial charge in [-0.15, -0.1) is 0 Å². The fraction of sp³-hybridized carbons (Fsp3) is 0.310. The third-order valence-corrected chi connectivity index (χ3v) is 6.06. The molecule has 9 heteroatoms. The molecule has 1 fully saturated rings. The lowest BCUT2D eigenvalue weighted by atomic mass is 10.0. The van der Waals surface area contributed by atoms with Gasteiger partial charge in [0, 0.05) is 61.1 Å². The van der Waals surface area contributed by atoms with Crippen LogP contribution in [0.2, 0.25) is 0 Å². The van der Waals surface area contributed by atoms with Crippen molar-refractivity contribution in [3.8, 4) is 6.07 Å². The first-order valence-electron chi connectivity index (χ1n) is 12.2. The standard InChI is InChI=1S/C29H32F3N5O/c1-5-27(37-12-14-38-15-13-37)17-24(20-36(4)11-7-10-33)28-18-26(19-34-22(28)3)35-21(2)23-8-6-9-25(16-23)29(30,31)32/h5-6,8-9,16-20,35H,1-2,7,11-15H2,3-4H3/b24-20+,27-17+. The molecule has 6 nitrogen and oxygen atoms in total. The molecule has 3 rings (SSSR count). The summed E-state index contributed by atoms with van der Waals surface area (Å²) in [7, 11) is 1.90. The molecule has 1 saturated heterocycles. The zero-order chi connectivity index (χ0) is 27.7. The lowest BCUT2D eigenvalue weighted by Crippen LogP contribution is -2.35. The molecule has 1 N–H and O–H groups in total. The average molecular weight is 524 g/mol. The van der Waals surface area contributed by atoms with Crippen molar-refractivity contribution in [3.63, 3.8) is 0 Å². The number of alkyl halides is 3.